The molecule has 27 heavy (non-hydrogen) atoms. The second-order valence-corrected chi connectivity index (χ2v) is 5.99. The fraction of sp³-hybridized carbons (Fsp3) is 0.100. The van der Waals surface area contributed by atoms with Gasteiger partial charge >= 0.3 is 0 Å². The van der Waals surface area contributed by atoms with Crippen molar-refractivity contribution in [1.29, 1.82) is 0 Å². The molecule has 0 saturated carbocycles. The van der Waals surface area contributed by atoms with E-state index in [4.69, 9.17) is 4.74 Å². The van der Waals surface area contributed by atoms with Gasteiger partial charge in [-0.25, -0.2) is 9.67 Å². The molecule has 4 aromatic rings. The van der Waals surface area contributed by atoms with Gasteiger partial charge < -0.3 is 14.9 Å². The van der Waals surface area contributed by atoms with Crippen LogP contribution in [0.5, 0.6) is 17.6 Å². The predicted molar refractivity (Wildman–Crippen MR) is 100 cm³/mol. The lowest BCUT2D eigenvalue weighted by Crippen LogP contribution is -2.03. The normalized spacial score (nSPS) is 10.9. The van der Waals surface area contributed by atoms with Gasteiger partial charge in [-0.1, -0.05) is 30.3 Å². The van der Waals surface area contributed by atoms with Crippen LogP contribution in [0.2, 0.25) is 0 Å². The van der Waals surface area contributed by atoms with Gasteiger partial charge in [-0.05, 0) is 12.1 Å². The number of benzene rings is 1. The van der Waals surface area contributed by atoms with Gasteiger partial charge in [0.2, 0.25) is 5.88 Å². The highest BCUT2D eigenvalue weighted by Crippen LogP contribution is 2.27. The van der Waals surface area contributed by atoms with E-state index in [0.29, 0.717) is 11.6 Å². The van der Waals surface area contributed by atoms with Crippen LogP contribution in [0.15, 0.2) is 66.9 Å². The average Bonchev–Trinajstić information content (AvgIpc) is 3.27. The topological polar surface area (TPSA) is 85.3 Å². The first-order valence-electron chi connectivity index (χ1n) is 8.38. The van der Waals surface area contributed by atoms with Crippen LogP contribution in [0, 0.1) is 0 Å². The largest absolute Gasteiger partial charge is 0.494 e. The predicted octanol–water partition coefficient (Wildman–Crippen LogP) is 3.20. The second-order valence-electron chi connectivity index (χ2n) is 5.99. The molecule has 0 aliphatic rings. The third-order valence-corrected chi connectivity index (χ3v) is 4.26. The van der Waals surface area contributed by atoms with E-state index in [-0.39, 0.29) is 18.3 Å². The molecule has 0 bridgehead atoms. The summed E-state index contributed by atoms with van der Waals surface area (Å²) in [5.41, 5.74) is 3.34. The number of rotatable bonds is 5. The molecule has 3 aromatic heterocycles. The van der Waals surface area contributed by atoms with Gasteiger partial charge in [-0.3, -0.25) is 4.57 Å². The lowest BCUT2D eigenvalue weighted by atomic mass is 10.1. The summed E-state index contributed by atoms with van der Waals surface area (Å²) in [4.78, 5) is 4.25. The molecule has 0 fully saturated rings. The van der Waals surface area contributed by atoms with E-state index in [0.717, 1.165) is 16.9 Å². The fourth-order valence-corrected chi connectivity index (χ4v) is 2.91. The molecule has 136 valence electrons. The Hall–Kier alpha value is -3.74. The summed E-state index contributed by atoms with van der Waals surface area (Å²) < 4.78 is 8.29. The number of ether oxygens (including phenoxy) is 1. The van der Waals surface area contributed by atoms with Gasteiger partial charge in [-0.2, -0.15) is 5.10 Å². The monoisotopic (exact) mass is 362 g/mol. The summed E-state index contributed by atoms with van der Waals surface area (Å²) in [5, 5.41) is 24.5. The van der Waals surface area contributed by atoms with Crippen LogP contribution in [0.4, 0.5) is 0 Å². The molecule has 0 aliphatic carbocycles. The smallest absolute Gasteiger partial charge is 0.213 e. The lowest BCUT2D eigenvalue weighted by Gasteiger charge is -2.08. The maximum Gasteiger partial charge on any atom is 0.213 e. The third kappa shape index (κ3) is 3.22. The molecule has 7 nitrogen and oxygen atoms in total. The van der Waals surface area contributed by atoms with Crippen molar-refractivity contribution in [2.45, 2.75) is 6.54 Å². The van der Waals surface area contributed by atoms with E-state index >= 15 is 0 Å². The van der Waals surface area contributed by atoms with Gasteiger partial charge in [0.05, 0.1) is 36.9 Å². The van der Waals surface area contributed by atoms with E-state index in [2.05, 4.69) is 10.1 Å². The van der Waals surface area contributed by atoms with Crippen molar-refractivity contribution in [2.75, 3.05) is 7.11 Å². The number of pyridine rings is 1. The number of aromatic hydroxyl groups is 2. The first-order valence-corrected chi connectivity index (χ1v) is 8.38. The molecule has 0 aliphatic heterocycles. The second kappa shape index (κ2) is 6.87. The van der Waals surface area contributed by atoms with Crippen LogP contribution in [0.3, 0.4) is 0 Å². The number of hydrogen-bond donors (Lipinski definition) is 2. The summed E-state index contributed by atoms with van der Waals surface area (Å²) in [6, 6.07) is 18.3. The first-order chi connectivity index (χ1) is 13.2. The van der Waals surface area contributed by atoms with Crippen LogP contribution in [-0.2, 0) is 6.54 Å². The van der Waals surface area contributed by atoms with Crippen LogP contribution in [0.25, 0.3) is 16.9 Å². The molecule has 1 aromatic carbocycles. The minimum absolute atomic E-state index is 0.0191. The molecule has 0 saturated heterocycles. The van der Waals surface area contributed by atoms with E-state index in [1.54, 1.807) is 24.1 Å². The standard InChI is InChI=1S/C20H18N4O3/c1-27-18-8-7-16(12-21-18)24-17(14-5-3-2-4-6-14)11-15(22-24)13-23-19(25)9-10-20(23)26/h2-12,25-26H,13H2,1H3. The van der Waals surface area contributed by atoms with Crippen LogP contribution in [-0.4, -0.2) is 36.7 Å². The summed E-state index contributed by atoms with van der Waals surface area (Å²) in [5.74, 6) is 0.485. The molecule has 0 atom stereocenters. The Morgan fingerprint density at radius 2 is 1.70 bits per heavy atom. The third-order valence-electron chi connectivity index (χ3n) is 4.26. The van der Waals surface area contributed by atoms with Gasteiger partial charge in [0.15, 0.2) is 11.8 Å². The Balaban J connectivity index is 1.79. The zero-order chi connectivity index (χ0) is 18.8. The van der Waals surface area contributed by atoms with Crippen molar-refractivity contribution in [3.05, 3.63) is 72.6 Å². The molecule has 3 heterocycles. The molecule has 0 radical (unpaired) electrons. The quantitative estimate of drug-likeness (QED) is 0.569. The van der Waals surface area contributed by atoms with Gasteiger partial charge in [0.1, 0.15) is 0 Å². The minimum Gasteiger partial charge on any atom is -0.494 e. The molecule has 0 amide bonds. The first kappa shape index (κ1) is 16.7. The Labute approximate surface area is 155 Å². The maximum absolute atomic E-state index is 9.90. The number of methoxy groups -OCH3 is 1. The van der Waals surface area contributed by atoms with E-state index in [1.165, 1.54) is 16.7 Å². The molecule has 7 heteroatoms. The molecular formula is C20H18N4O3. The lowest BCUT2D eigenvalue weighted by molar-refractivity contribution is 0.376. The van der Waals surface area contributed by atoms with Gasteiger partial charge in [0.25, 0.3) is 0 Å². The number of hydrogen-bond acceptors (Lipinski definition) is 5. The van der Waals surface area contributed by atoms with E-state index in [9.17, 15) is 10.2 Å². The zero-order valence-corrected chi connectivity index (χ0v) is 14.6. The number of nitrogens with zero attached hydrogens (tertiary/aromatic N) is 4. The SMILES string of the molecule is COc1ccc(-n2nc(Cn3c(O)ccc3O)cc2-c2ccccc2)cn1. The zero-order valence-electron chi connectivity index (χ0n) is 14.6. The van der Waals surface area contributed by atoms with Crippen molar-refractivity contribution >= 4 is 0 Å². The van der Waals surface area contributed by atoms with Crippen LogP contribution in [0.1, 0.15) is 5.69 Å². The minimum atomic E-state index is -0.0191. The van der Waals surface area contributed by atoms with Crippen molar-refractivity contribution in [2.24, 2.45) is 0 Å². The Bertz CT molecular complexity index is 1030. The highest BCUT2D eigenvalue weighted by molar-refractivity contribution is 5.62. The fourth-order valence-electron chi connectivity index (χ4n) is 2.91. The van der Waals surface area contributed by atoms with Crippen molar-refractivity contribution in [3.8, 4) is 34.6 Å². The van der Waals surface area contributed by atoms with Crippen LogP contribution >= 0.6 is 0 Å². The van der Waals surface area contributed by atoms with Crippen molar-refractivity contribution in [1.82, 2.24) is 19.3 Å². The van der Waals surface area contributed by atoms with Crippen molar-refractivity contribution in [3.63, 3.8) is 0 Å². The highest BCUT2D eigenvalue weighted by Gasteiger charge is 2.15. The molecular weight excluding hydrogens is 344 g/mol. The summed E-state index contributed by atoms with van der Waals surface area (Å²) in [7, 11) is 1.57. The van der Waals surface area contributed by atoms with E-state index < -0.39 is 0 Å². The van der Waals surface area contributed by atoms with Gasteiger partial charge in [0, 0.05) is 23.8 Å². The molecule has 4 rings (SSSR count). The Kier molecular flexibility index (Phi) is 4.25. The highest BCUT2D eigenvalue weighted by atomic mass is 16.5. The molecule has 2 N–H and O–H groups in total. The maximum atomic E-state index is 9.90. The Morgan fingerprint density at radius 1 is 0.963 bits per heavy atom. The Morgan fingerprint density at radius 3 is 2.33 bits per heavy atom. The summed E-state index contributed by atoms with van der Waals surface area (Å²) in [6.07, 6.45) is 1.69. The van der Waals surface area contributed by atoms with Crippen molar-refractivity contribution < 1.29 is 14.9 Å². The number of aromatic nitrogens is 4. The van der Waals surface area contributed by atoms with E-state index in [1.807, 2.05) is 42.5 Å². The molecule has 0 spiro atoms. The van der Waals surface area contributed by atoms with Crippen LogP contribution < -0.4 is 4.74 Å². The average molecular weight is 362 g/mol. The summed E-state index contributed by atoms with van der Waals surface area (Å²) >= 11 is 0. The van der Waals surface area contributed by atoms with Gasteiger partial charge in [-0.15, -0.1) is 0 Å². The summed E-state index contributed by atoms with van der Waals surface area (Å²) in [6.45, 7) is 0.237. The molecule has 0 unspecified atom stereocenters.